The molecular formula is C21H28F2N2O5S. The van der Waals surface area contributed by atoms with Crippen molar-refractivity contribution in [3.63, 3.8) is 0 Å². The summed E-state index contributed by atoms with van der Waals surface area (Å²) >= 11 is 0. The fourth-order valence-electron chi connectivity index (χ4n) is 3.95. The highest BCUT2D eigenvalue weighted by Crippen LogP contribution is 2.27. The van der Waals surface area contributed by atoms with Crippen LogP contribution in [0.3, 0.4) is 0 Å². The van der Waals surface area contributed by atoms with Crippen molar-refractivity contribution >= 4 is 21.9 Å². The van der Waals surface area contributed by atoms with Gasteiger partial charge in [0.1, 0.15) is 16.5 Å². The van der Waals surface area contributed by atoms with E-state index < -0.39 is 44.5 Å². The molecule has 0 spiro atoms. The molecule has 1 atom stereocenters. The number of piperidine rings is 2. The molecule has 10 heteroatoms. The molecule has 7 nitrogen and oxygen atoms in total. The highest BCUT2D eigenvalue weighted by Gasteiger charge is 2.36. The van der Waals surface area contributed by atoms with Crippen molar-refractivity contribution in [2.75, 3.05) is 26.2 Å². The Morgan fingerprint density at radius 1 is 1.06 bits per heavy atom. The van der Waals surface area contributed by atoms with Crippen LogP contribution in [0.2, 0.25) is 0 Å². The molecule has 2 fully saturated rings. The molecule has 2 aliphatic rings. The first-order valence-corrected chi connectivity index (χ1v) is 12.0. The van der Waals surface area contributed by atoms with Crippen LogP contribution >= 0.6 is 0 Å². The highest BCUT2D eigenvalue weighted by molar-refractivity contribution is 7.89. The van der Waals surface area contributed by atoms with Gasteiger partial charge in [-0.25, -0.2) is 17.2 Å². The lowest BCUT2D eigenvalue weighted by Crippen LogP contribution is -2.45. The maximum absolute atomic E-state index is 13.9. The van der Waals surface area contributed by atoms with Crippen molar-refractivity contribution in [2.24, 2.45) is 11.8 Å². The van der Waals surface area contributed by atoms with Crippen LogP contribution in [0.5, 0.6) is 0 Å². The number of esters is 1. The van der Waals surface area contributed by atoms with Gasteiger partial charge in [-0.1, -0.05) is 6.92 Å². The van der Waals surface area contributed by atoms with Crippen LogP contribution in [-0.2, 0) is 24.3 Å². The number of likely N-dealkylation sites (tertiary alicyclic amines) is 1. The van der Waals surface area contributed by atoms with Crippen molar-refractivity contribution < 1.29 is 31.5 Å². The second-order valence-corrected chi connectivity index (χ2v) is 10.2. The minimum absolute atomic E-state index is 0.0234. The Hall–Kier alpha value is -2.07. The number of carbonyl (C=O) groups excluding carboxylic acids is 2. The van der Waals surface area contributed by atoms with E-state index in [0.29, 0.717) is 25.1 Å². The number of rotatable bonds is 5. The predicted molar refractivity (Wildman–Crippen MR) is 108 cm³/mol. The number of carbonyl (C=O) groups is 2. The Morgan fingerprint density at radius 2 is 1.68 bits per heavy atom. The van der Waals surface area contributed by atoms with Gasteiger partial charge in [0.25, 0.3) is 5.91 Å². The van der Waals surface area contributed by atoms with Crippen LogP contribution < -0.4 is 0 Å². The molecule has 0 N–H and O–H groups in total. The Kier molecular flexibility index (Phi) is 7.31. The van der Waals surface area contributed by atoms with Gasteiger partial charge in [0.2, 0.25) is 10.0 Å². The van der Waals surface area contributed by atoms with Gasteiger partial charge in [0, 0.05) is 26.2 Å². The van der Waals surface area contributed by atoms with Crippen molar-refractivity contribution in [3.8, 4) is 0 Å². The predicted octanol–water partition coefficient (Wildman–Crippen LogP) is 2.56. The fraction of sp³-hybridized carbons (Fsp3) is 0.619. The summed E-state index contributed by atoms with van der Waals surface area (Å²) in [5.74, 6) is -2.62. The van der Waals surface area contributed by atoms with Gasteiger partial charge in [-0.2, -0.15) is 4.31 Å². The van der Waals surface area contributed by atoms with E-state index in [4.69, 9.17) is 4.74 Å². The summed E-state index contributed by atoms with van der Waals surface area (Å²) in [6, 6.07) is 2.27. The molecule has 0 aliphatic carbocycles. The first-order valence-electron chi connectivity index (χ1n) is 10.5. The second-order valence-electron chi connectivity index (χ2n) is 8.34. The van der Waals surface area contributed by atoms with E-state index in [2.05, 4.69) is 6.92 Å². The average Bonchev–Trinajstić information content (AvgIpc) is 2.75. The Balaban J connectivity index is 1.54. The molecule has 1 amide bonds. The minimum atomic E-state index is -4.21. The summed E-state index contributed by atoms with van der Waals surface area (Å²) in [6.07, 6.45) is 1.30. The first-order chi connectivity index (χ1) is 14.6. The van der Waals surface area contributed by atoms with Gasteiger partial charge in [0.15, 0.2) is 6.10 Å². The van der Waals surface area contributed by atoms with Crippen LogP contribution in [-0.4, -0.2) is 61.8 Å². The molecule has 172 valence electrons. The summed E-state index contributed by atoms with van der Waals surface area (Å²) in [7, 11) is -4.21. The van der Waals surface area contributed by atoms with Crippen molar-refractivity contribution in [2.45, 2.75) is 50.5 Å². The molecule has 0 aromatic heterocycles. The SMILES string of the molecule is CC1CCN(C(=O)C(C)OC(=O)C2CCN(S(=O)(=O)c3cc(F)ccc3F)CC2)CC1. The standard InChI is InChI=1S/C21H28F2N2O5S/c1-14-5-9-24(10-6-14)20(26)15(2)30-21(27)16-7-11-25(12-8-16)31(28,29)19-13-17(22)3-4-18(19)23/h3-4,13-16H,5-12H2,1-2H3. The monoisotopic (exact) mass is 458 g/mol. The molecule has 2 saturated heterocycles. The Labute approximate surface area is 181 Å². The summed E-state index contributed by atoms with van der Waals surface area (Å²) in [6.45, 7) is 4.93. The molecule has 2 heterocycles. The molecule has 1 aromatic carbocycles. The number of sulfonamides is 1. The van der Waals surface area contributed by atoms with E-state index in [1.807, 2.05) is 0 Å². The van der Waals surface area contributed by atoms with E-state index in [0.717, 1.165) is 29.3 Å². The van der Waals surface area contributed by atoms with Gasteiger partial charge < -0.3 is 9.64 Å². The van der Waals surface area contributed by atoms with E-state index in [9.17, 15) is 26.8 Å². The second kappa shape index (κ2) is 9.60. The van der Waals surface area contributed by atoms with Gasteiger partial charge >= 0.3 is 5.97 Å². The number of benzene rings is 1. The Bertz CT molecular complexity index is 924. The number of amides is 1. The zero-order valence-corrected chi connectivity index (χ0v) is 18.5. The van der Waals surface area contributed by atoms with Gasteiger partial charge in [-0.15, -0.1) is 0 Å². The van der Waals surface area contributed by atoms with Crippen molar-refractivity contribution in [1.29, 1.82) is 0 Å². The average molecular weight is 459 g/mol. The zero-order valence-electron chi connectivity index (χ0n) is 17.7. The molecule has 0 bridgehead atoms. The number of hydrogen-bond acceptors (Lipinski definition) is 5. The van der Waals surface area contributed by atoms with Crippen molar-refractivity contribution in [1.82, 2.24) is 9.21 Å². The van der Waals surface area contributed by atoms with E-state index >= 15 is 0 Å². The lowest BCUT2D eigenvalue weighted by atomic mass is 9.98. The third-order valence-electron chi connectivity index (χ3n) is 6.03. The largest absolute Gasteiger partial charge is 0.452 e. The molecule has 3 rings (SSSR count). The Morgan fingerprint density at radius 3 is 2.29 bits per heavy atom. The van der Waals surface area contributed by atoms with Crippen LogP contribution in [0.15, 0.2) is 23.1 Å². The van der Waals surface area contributed by atoms with E-state index in [1.54, 1.807) is 11.8 Å². The molecule has 1 aromatic rings. The van der Waals surface area contributed by atoms with Crippen molar-refractivity contribution in [3.05, 3.63) is 29.8 Å². The molecule has 31 heavy (non-hydrogen) atoms. The first kappa shape index (κ1) is 23.6. The lowest BCUT2D eigenvalue weighted by molar-refractivity contribution is -0.164. The van der Waals surface area contributed by atoms with Crippen LogP contribution in [0.25, 0.3) is 0 Å². The van der Waals surface area contributed by atoms with Gasteiger partial charge in [0.05, 0.1) is 5.92 Å². The highest BCUT2D eigenvalue weighted by atomic mass is 32.2. The minimum Gasteiger partial charge on any atom is -0.452 e. The summed E-state index contributed by atoms with van der Waals surface area (Å²) in [5, 5.41) is 0. The van der Waals surface area contributed by atoms with Crippen LogP contribution in [0.4, 0.5) is 8.78 Å². The summed E-state index contributed by atoms with van der Waals surface area (Å²) < 4.78 is 59.1. The van der Waals surface area contributed by atoms with Gasteiger partial charge in [-0.05, 0) is 56.7 Å². The topological polar surface area (TPSA) is 84.0 Å². The number of nitrogens with zero attached hydrogens (tertiary/aromatic N) is 2. The number of ether oxygens (including phenoxy) is 1. The van der Waals surface area contributed by atoms with E-state index in [1.165, 1.54) is 0 Å². The third kappa shape index (κ3) is 5.41. The molecule has 0 radical (unpaired) electrons. The number of halogens is 2. The zero-order chi connectivity index (χ0) is 22.8. The van der Waals surface area contributed by atoms with E-state index in [-0.39, 0.29) is 31.8 Å². The van der Waals surface area contributed by atoms with Crippen LogP contribution in [0, 0.1) is 23.5 Å². The maximum atomic E-state index is 13.9. The maximum Gasteiger partial charge on any atom is 0.309 e. The van der Waals surface area contributed by atoms with Gasteiger partial charge in [-0.3, -0.25) is 9.59 Å². The summed E-state index contributed by atoms with van der Waals surface area (Å²) in [4.78, 5) is 26.0. The molecule has 1 unspecified atom stereocenters. The quantitative estimate of drug-likeness (QED) is 0.634. The molecule has 0 saturated carbocycles. The van der Waals surface area contributed by atoms with Crippen LogP contribution in [0.1, 0.15) is 39.5 Å². The third-order valence-corrected chi connectivity index (χ3v) is 7.95. The molecular weight excluding hydrogens is 430 g/mol. The molecule has 2 aliphatic heterocycles. The smallest absolute Gasteiger partial charge is 0.309 e. The lowest BCUT2D eigenvalue weighted by Gasteiger charge is -2.33. The number of hydrogen-bond donors (Lipinski definition) is 0. The summed E-state index contributed by atoms with van der Waals surface area (Å²) in [5.41, 5.74) is 0. The fourth-order valence-corrected chi connectivity index (χ4v) is 5.50. The normalized spacial score (nSPS) is 20.5.